The summed E-state index contributed by atoms with van der Waals surface area (Å²) < 4.78 is 12.2. The lowest BCUT2D eigenvalue weighted by molar-refractivity contribution is -0.159. The number of hydrogen-bond acceptors (Lipinski definition) is 6. The van der Waals surface area contributed by atoms with Gasteiger partial charge < -0.3 is 24.4 Å². The Hall–Kier alpha value is -2.68. The van der Waals surface area contributed by atoms with Gasteiger partial charge in [0.05, 0.1) is 28.8 Å². The van der Waals surface area contributed by atoms with Crippen molar-refractivity contribution in [3.8, 4) is 0 Å². The van der Waals surface area contributed by atoms with Crippen molar-refractivity contribution in [1.82, 2.24) is 4.90 Å². The van der Waals surface area contributed by atoms with Gasteiger partial charge in [-0.2, -0.15) is 0 Å². The van der Waals surface area contributed by atoms with Crippen LogP contribution in [-0.4, -0.2) is 71.3 Å². The lowest BCUT2D eigenvalue weighted by Crippen LogP contribution is -2.56. The van der Waals surface area contributed by atoms with Crippen molar-refractivity contribution >= 4 is 35.1 Å². The fourth-order valence-corrected chi connectivity index (χ4v) is 6.25. The second kappa shape index (κ2) is 9.08. The summed E-state index contributed by atoms with van der Waals surface area (Å²) in [5, 5.41) is 9.72. The molecule has 8 nitrogen and oxygen atoms in total. The predicted octanol–water partition coefficient (Wildman–Crippen LogP) is 2.49. The number of fused-ring (bicyclic) bond motifs is 2. The number of carbonyl (C=O) groups is 3. The SMILES string of the molecule is C[C@]12C=CCCOC(=O)[C@H]1[C@H]1C(=O)N(CCCCO)C3C(=O)N(c4ccccc4Cl)CC=C[C@@]31O2. The maximum atomic E-state index is 14.2. The summed E-state index contributed by atoms with van der Waals surface area (Å²) in [7, 11) is 0. The number of anilines is 1. The van der Waals surface area contributed by atoms with E-state index in [0.717, 1.165) is 0 Å². The monoisotopic (exact) mass is 500 g/mol. The number of cyclic esters (lactones) is 1. The second-order valence-corrected chi connectivity index (χ2v) is 10.0. The van der Waals surface area contributed by atoms with E-state index in [9.17, 15) is 19.5 Å². The van der Waals surface area contributed by atoms with E-state index in [1.54, 1.807) is 42.2 Å². The molecule has 35 heavy (non-hydrogen) atoms. The first-order chi connectivity index (χ1) is 16.8. The Morgan fingerprint density at radius 3 is 2.66 bits per heavy atom. The van der Waals surface area contributed by atoms with Crippen LogP contribution in [0.3, 0.4) is 0 Å². The van der Waals surface area contributed by atoms with Crippen LogP contribution in [0, 0.1) is 11.8 Å². The molecule has 0 radical (unpaired) electrons. The van der Waals surface area contributed by atoms with E-state index in [0.29, 0.717) is 30.0 Å². The molecule has 2 fully saturated rings. The number of aliphatic hydroxyl groups is 1. The van der Waals surface area contributed by atoms with Gasteiger partial charge >= 0.3 is 5.97 Å². The number of amides is 2. The maximum Gasteiger partial charge on any atom is 0.313 e. The van der Waals surface area contributed by atoms with E-state index in [1.165, 1.54) is 4.90 Å². The highest BCUT2D eigenvalue weighted by Crippen LogP contribution is 2.57. The number of rotatable bonds is 5. The van der Waals surface area contributed by atoms with Gasteiger partial charge in [0.1, 0.15) is 17.6 Å². The summed E-state index contributed by atoms with van der Waals surface area (Å²) in [5.74, 6) is -2.92. The average Bonchev–Trinajstić information content (AvgIpc) is 3.14. The lowest BCUT2D eigenvalue weighted by Gasteiger charge is -2.37. The van der Waals surface area contributed by atoms with Gasteiger partial charge in [0, 0.05) is 19.7 Å². The number of halogens is 1. The van der Waals surface area contributed by atoms with Crippen LogP contribution >= 0.6 is 11.6 Å². The van der Waals surface area contributed by atoms with Crippen LogP contribution in [-0.2, 0) is 23.9 Å². The molecule has 4 aliphatic rings. The third-order valence-electron chi connectivity index (χ3n) is 7.47. The molecule has 0 aromatic heterocycles. The molecule has 5 rings (SSSR count). The summed E-state index contributed by atoms with van der Waals surface area (Å²) in [6, 6.07) is 6.08. The molecule has 1 aromatic carbocycles. The van der Waals surface area contributed by atoms with E-state index >= 15 is 0 Å². The Kier molecular flexibility index (Phi) is 6.23. The topological polar surface area (TPSA) is 96.4 Å². The number of carbonyl (C=O) groups excluding carboxylic acids is 3. The molecule has 2 saturated heterocycles. The van der Waals surface area contributed by atoms with Crippen LogP contribution in [0.15, 0.2) is 48.6 Å². The molecule has 5 atom stereocenters. The molecule has 0 bridgehead atoms. The van der Waals surface area contributed by atoms with Crippen LogP contribution < -0.4 is 4.90 Å². The average molecular weight is 501 g/mol. The van der Waals surface area contributed by atoms with Gasteiger partial charge in [-0.25, -0.2) is 0 Å². The largest absolute Gasteiger partial charge is 0.465 e. The number of likely N-dealkylation sites (tertiary alicyclic amines) is 1. The zero-order chi connectivity index (χ0) is 24.8. The minimum atomic E-state index is -1.34. The lowest BCUT2D eigenvalue weighted by atomic mass is 9.74. The summed E-state index contributed by atoms with van der Waals surface area (Å²) in [5.41, 5.74) is -1.89. The highest BCUT2D eigenvalue weighted by molar-refractivity contribution is 6.34. The van der Waals surface area contributed by atoms with E-state index in [2.05, 4.69) is 0 Å². The van der Waals surface area contributed by atoms with E-state index in [-0.39, 0.29) is 38.1 Å². The molecule has 4 aliphatic heterocycles. The number of ether oxygens (including phenoxy) is 2. The van der Waals surface area contributed by atoms with Crippen LogP contribution in [0.5, 0.6) is 0 Å². The first kappa shape index (κ1) is 24.0. The molecule has 9 heteroatoms. The molecular formula is C26H29ClN2O6. The molecule has 4 heterocycles. The van der Waals surface area contributed by atoms with Gasteiger partial charge in [-0.1, -0.05) is 48.0 Å². The molecular weight excluding hydrogens is 472 g/mol. The second-order valence-electron chi connectivity index (χ2n) is 9.62. The van der Waals surface area contributed by atoms with Crippen LogP contribution in [0.4, 0.5) is 5.69 Å². The molecule has 1 spiro atoms. The third-order valence-corrected chi connectivity index (χ3v) is 7.79. The molecule has 0 aliphatic carbocycles. The minimum Gasteiger partial charge on any atom is -0.465 e. The summed E-state index contributed by atoms with van der Waals surface area (Å²) in [6.07, 6.45) is 8.88. The van der Waals surface area contributed by atoms with Gasteiger partial charge in [-0.3, -0.25) is 14.4 Å². The highest BCUT2D eigenvalue weighted by Gasteiger charge is 2.74. The molecule has 2 amide bonds. The summed E-state index contributed by atoms with van der Waals surface area (Å²) in [4.78, 5) is 44.5. The van der Waals surface area contributed by atoms with Crippen molar-refractivity contribution in [3.63, 3.8) is 0 Å². The van der Waals surface area contributed by atoms with Crippen molar-refractivity contribution in [1.29, 1.82) is 0 Å². The number of hydrogen-bond donors (Lipinski definition) is 1. The number of unbranched alkanes of at least 4 members (excludes halogenated alkanes) is 1. The van der Waals surface area contributed by atoms with E-state index in [1.807, 2.05) is 18.2 Å². The molecule has 1 aromatic rings. The van der Waals surface area contributed by atoms with Gasteiger partial charge in [-0.05, 0) is 38.3 Å². The zero-order valence-corrected chi connectivity index (χ0v) is 20.3. The van der Waals surface area contributed by atoms with Crippen molar-refractivity contribution in [2.24, 2.45) is 11.8 Å². The quantitative estimate of drug-likeness (QED) is 0.379. The Balaban J connectivity index is 1.63. The van der Waals surface area contributed by atoms with E-state index in [4.69, 9.17) is 21.1 Å². The standard InChI is InChI=1S/C26H29ClN2O6/c1-25-11-4-7-16-34-24(33)20(25)19-22(31)29(13-5-6-15-30)21-23(32)28(14-8-12-26(19,21)35-25)18-10-3-2-9-17(18)27/h2-4,8-12,19-21,30H,5-7,13-16H2,1H3/t19-,20+,21?,25-,26-/m0/s1. The molecule has 0 saturated carbocycles. The van der Waals surface area contributed by atoms with Gasteiger partial charge in [0.2, 0.25) is 5.91 Å². The zero-order valence-electron chi connectivity index (χ0n) is 19.6. The van der Waals surface area contributed by atoms with Crippen molar-refractivity contribution in [2.45, 2.75) is 43.4 Å². The minimum absolute atomic E-state index is 0.0187. The number of para-hydroxylation sites is 1. The first-order valence-corrected chi connectivity index (χ1v) is 12.4. The molecule has 1 unspecified atom stereocenters. The maximum absolute atomic E-state index is 14.2. The Labute approximate surface area is 209 Å². The van der Waals surface area contributed by atoms with Crippen molar-refractivity contribution in [2.75, 3.05) is 31.2 Å². The van der Waals surface area contributed by atoms with Gasteiger partial charge in [0.15, 0.2) is 0 Å². The normalized spacial score (nSPS) is 34.1. The number of nitrogens with zero attached hydrogens (tertiary/aromatic N) is 2. The summed E-state index contributed by atoms with van der Waals surface area (Å²) in [6.45, 7) is 2.50. The number of esters is 1. The fourth-order valence-electron chi connectivity index (χ4n) is 6.01. The smallest absolute Gasteiger partial charge is 0.313 e. The van der Waals surface area contributed by atoms with E-state index < -0.39 is 35.0 Å². The molecule has 1 N–H and O–H groups in total. The molecule has 186 valence electrons. The predicted molar refractivity (Wildman–Crippen MR) is 129 cm³/mol. The van der Waals surface area contributed by atoms with Crippen LogP contribution in [0.1, 0.15) is 26.2 Å². The third kappa shape index (κ3) is 3.70. The Morgan fingerprint density at radius 2 is 1.89 bits per heavy atom. The Bertz CT molecular complexity index is 1110. The fraction of sp³-hybridized carbons (Fsp3) is 0.500. The summed E-state index contributed by atoms with van der Waals surface area (Å²) >= 11 is 6.45. The van der Waals surface area contributed by atoms with Crippen LogP contribution in [0.2, 0.25) is 5.02 Å². The first-order valence-electron chi connectivity index (χ1n) is 12.0. The van der Waals surface area contributed by atoms with Gasteiger partial charge in [0.25, 0.3) is 5.91 Å². The van der Waals surface area contributed by atoms with Gasteiger partial charge in [-0.15, -0.1) is 0 Å². The number of aliphatic hydroxyl groups excluding tert-OH is 1. The Morgan fingerprint density at radius 1 is 1.09 bits per heavy atom. The number of benzene rings is 1. The van der Waals surface area contributed by atoms with Crippen molar-refractivity contribution in [3.05, 3.63) is 53.6 Å². The highest BCUT2D eigenvalue weighted by atomic mass is 35.5. The van der Waals surface area contributed by atoms with Crippen LogP contribution in [0.25, 0.3) is 0 Å². The van der Waals surface area contributed by atoms with Crippen molar-refractivity contribution < 1.29 is 29.0 Å².